The third kappa shape index (κ3) is 4.62. The predicted molar refractivity (Wildman–Crippen MR) is 79.3 cm³/mol. The average molecular weight is 276 g/mol. The molecule has 1 amide bonds. The van der Waals surface area contributed by atoms with Gasteiger partial charge in [0.25, 0.3) is 0 Å². The second-order valence-corrected chi connectivity index (χ2v) is 5.34. The van der Waals surface area contributed by atoms with Crippen molar-refractivity contribution < 1.29 is 9.90 Å². The molecule has 1 saturated carbocycles. The average Bonchev–Trinajstić information content (AvgIpc) is 3.29. The van der Waals surface area contributed by atoms with Gasteiger partial charge in [-0.05, 0) is 24.9 Å². The number of likely N-dealkylation sites (N-methyl/N-ethyl adjacent to an activating group) is 1. The Morgan fingerprint density at radius 1 is 1.40 bits per heavy atom. The Morgan fingerprint density at radius 2 is 2.10 bits per heavy atom. The summed E-state index contributed by atoms with van der Waals surface area (Å²) in [4.78, 5) is 14.2. The first kappa shape index (κ1) is 15.0. The van der Waals surface area contributed by atoms with Gasteiger partial charge in [-0.25, -0.2) is 0 Å². The van der Waals surface area contributed by atoms with E-state index in [1.807, 2.05) is 30.3 Å². The van der Waals surface area contributed by atoms with Crippen molar-refractivity contribution in [2.24, 2.45) is 0 Å². The summed E-state index contributed by atoms with van der Waals surface area (Å²) in [7, 11) is 0. The van der Waals surface area contributed by atoms with E-state index in [4.69, 9.17) is 0 Å². The first-order chi connectivity index (χ1) is 9.70. The van der Waals surface area contributed by atoms with E-state index in [1.54, 1.807) is 0 Å². The quantitative estimate of drug-likeness (QED) is 0.760. The maximum absolute atomic E-state index is 11.8. The third-order valence-corrected chi connectivity index (χ3v) is 3.75. The Morgan fingerprint density at radius 3 is 2.70 bits per heavy atom. The van der Waals surface area contributed by atoms with Crippen LogP contribution in [0.15, 0.2) is 30.3 Å². The minimum Gasteiger partial charge on any atom is -0.388 e. The minimum absolute atomic E-state index is 0.0896. The molecule has 2 rings (SSSR count). The van der Waals surface area contributed by atoms with Crippen LogP contribution in [0.3, 0.4) is 0 Å². The lowest BCUT2D eigenvalue weighted by Gasteiger charge is -2.20. The monoisotopic (exact) mass is 276 g/mol. The number of carbonyl (C=O) groups is 1. The van der Waals surface area contributed by atoms with Crippen molar-refractivity contribution in [3.63, 3.8) is 0 Å². The highest BCUT2D eigenvalue weighted by molar-refractivity contribution is 5.76. The molecular formula is C16H24N2O2. The van der Waals surface area contributed by atoms with Crippen LogP contribution in [0, 0.1) is 0 Å². The fourth-order valence-corrected chi connectivity index (χ4v) is 2.42. The van der Waals surface area contributed by atoms with Crippen LogP contribution in [0.2, 0.25) is 0 Å². The fourth-order valence-electron chi connectivity index (χ4n) is 2.42. The van der Waals surface area contributed by atoms with E-state index in [9.17, 15) is 9.90 Å². The zero-order chi connectivity index (χ0) is 14.4. The summed E-state index contributed by atoms with van der Waals surface area (Å²) in [5.74, 6) is -0.0896. The summed E-state index contributed by atoms with van der Waals surface area (Å²) in [6, 6.07) is 10.0. The van der Waals surface area contributed by atoms with Gasteiger partial charge in [0.1, 0.15) is 0 Å². The molecule has 1 aromatic carbocycles. The lowest BCUT2D eigenvalue weighted by atomic mass is 10.1. The van der Waals surface area contributed by atoms with E-state index in [1.165, 1.54) is 12.8 Å². The lowest BCUT2D eigenvalue weighted by molar-refractivity contribution is -0.123. The number of nitrogens with zero attached hydrogens (tertiary/aromatic N) is 1. The molecule has 1 fully saturated rings. The lowest BCUT2D eigenvalue weighted by Crippen LogP contribution is -2.36. The van der Waals surface area contributed by atoms with Crippen molar-refractivity contribution in [1.29, 1.82) is 0 Å². The van der Waals surface area contributed by atoms with Gasteiger partial charge >= 0.3 is 0 Å². The molecule has 0 heterocycles. The molecule has 1 atom stereocenters. The molecular weight excluding hydrogens is 252 g/mol. The molecule has 4 heteroatoms. The second-order valence-electron chi connectivity index (χ2n) is 5.34. The summed E-state index contributed by atoms with van der Waals surface area (Å²) in [5, 5.41) is 12.9. The maximum atomic E-state index is 11.8. The van der Waals surface area contributed by atoms with Crippen molar-refractivity contribution in [1.82, 2.24) is 10.2 Å². The summed E-state index contributed by atoms with van der Waals surface area (Å²) in [6.45, 7) is 4.74. The number of benzene rings is 1. The molecule has 0 aliphatic heterocycles. The molecule has 2 N–H and O–H groups in total. The summed E-state index contributed by atoms with van der Waals surface area (Å²) >= 11 is 0. The number of nitrogens with one attached hydrogen (secondary N) is 1. The summed E-state index contributed by atoms with van der Waals surface area (Å²) < 4.78 is 0. The van der Waals surface area contributed by atoms with E-state index in [0.717, 1.165) is 24.7 Å². The van der Waals surface area contributed by atoms with Crippen molar-refractivity contribution in [2.45, 2.75) is 38.3 Å². The number of hydrogen-bond acceptors (Lipinski definition) is 3. The van der Waals surface area contributed by atoms with E-state index >= 15 is 0 Å². The fraction of sp³-hybridized carbons (Fsp3) is 0.562. The molecule has 110 valence electrons. The van der Waals surface area contributed by atoms with Gasteiger partial charge in [-0.1, -0.05) is 37.3 Å². The van der Waals surface area contributed by atoms with Crippen LogP contribution in [-0.2, 0) is 4.79 Å². The molecule has 1 unspecified atom stereocenters. The van der Waals surface area contributed by atoms with Crippen LogP contribution in [0.5, 0.6) is 0 Å². The third-order valence-electron chi connectivity index (χ3n) is 3.75. The van der Waals surface area contributed by atoms with Gasteiger partial charge in [-0.3, -0.25) is 9.69 Å². The van der Waals surface area contributed by atoms with Crippen LogP contribution in [0.4, 0.5) is 0 Å². The van der Waals surface area contributed by atoms with Crippen molar-refractivity contribution >= 4 is 5.91 Å². The zero-order valence-corrected chi connectivity index (χ0v) is 12.1. The Hall–Kier alpha value is -1.39. The molecule has 1 aliphatic carbocycles. The van der Waals surface area contributed by atoms with Crippen LogP contribution in [0.1, 0.15) is 37.9 Å². The largest absolute Gasteiger partial charge is 0.388 e. The Labute approximate surface area is 120 Å². The second kappa shape index (κ2) is 7.41. The van der Waals surface area contributed by atoms with Crippen molar-refractivity contribution in [3.05, 3.63) is 35.9 Å². The van der Waals surface area contributed by atoms with Gasteiger partial charge in [0.2, 0.25) is 5.91 Å². The van der Waals surface area contributed by atoms with Gasteiger partial charge in [0.15, 0.2) is 0 Å². The number of rotatable bonds is 8. The van der Waals surface area contributed by atoms with Crippen LogP contribution >= 0.6 is 0 Å². The first-order valence-corrected chi connectivity index (χ1v) is 7.44. The molecule has 0 radical (unpaired) electrons. The Kier molecular flexibility index (Phi) is 5.56. The van der Waals surface area contributed by atoms with E-state index in [-0.39, 0.29) is 12.3 Å². The molecule has 1 aliphatic rings. The van der Waals surface area contributed by atoms with E-state index in [2.05, 4.69) is 17.1 Å². The van der Waals surface area contributed by atoms with Gasteiger partial charge in [0.05, 0.1) is 12.5 Å². The standard InChI is InChI=1S/C16H24N2O2/c1-2-18(14-8-9-14)11-10-17-16(20)12-15(19)13-6-4-3-5-7-13/h3-7,14-15,19H,2,8-12H2,1H3,(H,17,20). The van der Waals surface area contributed by atoms with Crippen LogP contribution in [-0.4, -0.2) is 41.6 Å². The molecule has 0 bridgehead atoms. The first-order valence-electron chi connectivity index (χ1n) is 7.44. The van der Waals surface area contributed by atoms with Crippen molar-refractivity contribution in [3.8, 4) is 0 Å². The number of carbonyl (C=O) groups excluding carboxylic acids is 1. The molecule has 0 aromatic heterocycles. The normalized spacial score (nSPS) is 16.1. The van der Waals surface area contributed by atoms with Gasteiger partial charge < -0.3 is 10.4 Å². The molecule has 0 saturated heterocycles. The smallest absolute Gasteiger partial charge is 0.223 e. The van der Waals surface area contributed by atoms with Crippen LogP contribution in [0.25, 0.3) is 0 Å². The minimum atomic E-state index is -0.720. The number of aliphatic hydroxyl groups is 1. The van der Waals surface area contributed by atoms with E-state index in [0.29, 0.717) is 6.54 Å². The van der Waals surface area contributed by atoms with Crippen molar-refractivity contribution in [2.75, 3.05) is 19.6 Å². The SMILES string of the molecule is CCN(CCNC(=O)CC(O)c1ccccc1)C1CC1. The molecule has 20 heavy (non-hydrogen) atoms. The summed E-state index contributed by atoms with van der Waals surface area (Å²) in [5.41, 5.74) is 0.788. The van der Waals surface area contributed by atoms with Crippen LogP contribution < -0.4 is 5.32 Å². The van der Waals surface area contributed by atoms with Gasteiger partial charge in [-0.15, -0.1) is 0 Å². The predicted octanol–water partition coefficient (Wildman–Crippen LogP) is 1.71. The van der Waals surface area contributed by atoms with Gasteiger partial charge in [0, 0.05) is 19.1 Å². The highest BCUT2D eigenvalue weighted by atomic mass is 16.3. The molecule has 0 spiro atoms. The molecule has 4 nitrogen and oxygen atoms in total. The zero-order valence-electron chi connectivity index (χ0n) is 12.1. The number of hydrogen-bond donors (Lipinski definition) is 2. The van der Waals surface area contributed by atoms with E-state index < -0.39 is 6.10 Å². The molecule has 1 aromatic rings. The Balaban J connectivity index is 1.67. The highest BCUT2D eigenvalue weighted by Gasteiger charge is 2.27. The highest BCUT2D eigenvalue weighted by Crippen LogP contribution is 2.25. The van der Waals surface area contributed by atoms with Gasteiger partial charge in [-0.2, -0.15) is 0 Å². The maximum Gasteiger partial charge on any atom is 0.223 e. The summed E-state index contributed by atoms with van der Waals surface area (Å²) in [6.07, 6.45) is 1.98. The number of amides is 1. The Bertz CT molecular complexity index is 418. The number of aliphatic hydroxyl groups excluding tert-OH is 1. The topological polar surface area (TPSA) is 52.6 Å².